The summed E-state index contributed by atoms with van der Waals surface area (Å²) in [5.74, 6) is 0.362. The van der Waals surface area contributed by atoms with E-state index in [9.17, 15) is 15.0 Å². The Kier molecular flexibility index (Phi) is 7.58. The van der Waals surface area contributed by atoms with Crippen molar-refractivity contribution in [3.8, 4) is 5.69 Å². The minimum Gasteiger partial charge on any atom is -0.394 e. The molecule has 0 aliphatic carbocycles. The molecule has 0 radical (unpaired) electrons. The molecule has 0 saturated heterocycles. The zero-order valence-electron chi connectivity index (χ0n) is 22.5. The summed E-state index contributed by atoms with van der Waals surface area (Å²) in [5.41, 5.74) is 2.75. The monoisotopic (exact) mass is 577 g/mol. The number of hydrogen-bond donors (Lipinski definition) is 3. The van der Waals surface area contributed by atoms with E-state index in [1.165, 1.54) is 10.8 Å². The van der Waals surface area contributed by atoms with Crippen LogP contribution in [-0.2, 0) is 5.54 Å². The first kappa shape index (κ1) is 27.4. The summed E-state index contributed by atoms with van der Waals surface area (Å²) >= 11 is 6.51. The van der Waals surface area contributed by atoms with E-state index < -0.39 is 11.6 Å². The van der Waals surface area contributed by atoms with Crippen LogP contribution in [0.4, 0.5) is 5.82 Å². The van der Waals surface area contributed by atoms with Gasteiger partial charge in [0.2, 0.25) is 0 Å². The minimum absolute atomic E-state index is 0.270. The molecule has 0 unspecified atom stereocenters. The zero-order chi connectivity index (χ0) is 29.1. The highest BCUT2D eigenvalue weighted by Crippen LogP contribution is 2.40. The lowest BCUT2D eigenvalue weighted by Gasteiger charge is -2.36. The molecule has 0 aliphatic rings. The summed E-state index contributed by atoms with van der Waals surface area (Å²) in [6, 6.07) is 33.2. The van der Waals surface area contributed by atoms with Crippen LogP contribution < -0.4 is 10.9 Å². The number of benzene rings is 3. The Labute approximate surface area is 247 Å². The van der Waals surface area contributed by atoms with Crippen molar-refractivity contribution in [1.82, 2.24) is 19.3 Å². The van der Waals surface area contributed by atoms with Crippen molar-refractivity contribution in [3.63, 3.8) is 0 Å². The first-order chi connectivity index (χ1) is 20.6. The molecule has 3 aromatic carbocycles. The first-order valence-electron chi connectivity index (χ1n) is 13.5. The molecule has 8 nitrogen and oxygen atoms in total. The molecule has 9 heteroatoms. The fourth-order valence-corrected chi connectivity index (χ4v) is 5.56. The fourth-order valence-electron chi connectivity index (χ4n) is 5.36. The van der Waals surface area contributed by atoms with Crippen LogP contribution in [0, 0.1) is 0 Å². The lowest BCUT2D eigenvalue weighted by molar-refractivity contribution is 0.203. The van der Waals surface area contributed by atoms with Crippen LogP contribution in [0.3, 0.4) is 0 Å². The Morgan fingerprint density at radius 3 is 1.90 bits per heavy atom. The largest absolute Gasteiger partial charge is 0.394 e. The molecule has 0 fully saturated rings. The Balaban J connectivity index is 1.57. The first-order valence-corrected chi connectivity index (χ1v) is 13.9. The third kappa shape index (κ3) is 4.75. The van der Waals surface area contributed by atoms with Gasteiger partial charge in [0, 0.05) is 18.5 Å². The molecule has 42 heavy (non-hydrogen) atoms. The van der Waals surface area contributed by atoms with Crippen LogP contribution in [0.25, 0.3) is 16.6 Å². The van der Waals surface area contributed by atoms with E-state index in [1.807, 2.05) is 59.3 Å². The average molecular weight is 578 g/mol. The summed E-state index contributed by atoms with van der Waals surface area (Å²) in [5, 5.41) is 27.6. The predicted molar refractivity (Wildman–Crippen MR) is 164 cm³/mol. The summed E-state index contributed by atoms with van der Waals surface area (Å²) in [7, 11) is 0. The smallest absolute Gasteiger partial charge is 0.266 e. The highest BCUT2D eigenvalue weighted by molar-refractivity contribution is 6.32. The number of aliphatic hydroxyl groups excluding tert-OH is 2. The van der Waals surface area contributed by atoms with Crippen LogP contribution in [0.1, 0.15) is 16.7 Å². The van der Waals surface area contributed by atoms with Crippen molar-refractivity contribution < 1.29 is 10.2 Å². The van der Waals surface area contributed by atoms with Crippen LogP contribution in [0.2, 0.25) is 5.02 Å². The van der Waals surface area contributed by atoms with Gasteiger partial charge in [0.1, 0.15) is 11.4 Å². The normalized spacial score (nSPS) is 11.7. The van der Waals surface area contributed by atoms with E-state index >= 15 is 0 Å². The number of nitrogens with zero attached hydrogens (tertiary/aromatic N) is 4. The van der Waals surface area contributed by atoms with Gasteiger partial charge in [-0.05, 0) is 22.8 Å². The number of fused-ring (bicyclic) bond motifs is 1. The minimum atomic E-state index is -0.866. The Morgan fingerprint density at radius 1 is 0.833 bits per heavy atom. The highest BCUT2D eigenvalue weighted by atomic mass is 35.5. The molecule has 0 aliphatic heterocycles. The molecule has 0 atom stereocenters. The van der Waals surface area contributed by atoms with E-state index in [2.05, 4.69) is 46.7 Å². The van der Waals surface area contributed by atoms with Crippen molar-refractivity contribution in [2.24, 2.45) is 0 Å². The second-order valence-corrected chi connectivity index (χ2v) is 10.3. The molecule has 0 saturated carbocycles. The van der Waals surface area contributed by atoms with Gasteiger partial charge in [0.15, 0.2) is 0 Å². The summed E-state index contributed by atoms with van der Waals surface area (Å²) in [6.45, 7) is -0.569. The van der Waals surface area contributed by atoms with E-state index in [0.717, 1.165) is 16.7 Å². The maximum atomic E-state index is 14.0. The molecule has 3 aromatic heterocycles. The van der Waals surface area contributed by atoms with Gasteiger partial charge in [-0.3, -0.25) is 14.0 Å². The molecule has 0 amide bonds. The number of hydrogen-bond acceptors (Lipinski definition) is 6. The standard InChI is InChI=1S/C33H28ClN5O3/c34-28-19-35-31(36-26(21-40)22-41)18-30(28)38-17-16-29-27(32(38)42)20-39(37-29)33(23-10-4-1-5-11-23,24-12-6-2-7-13-24)25-14-8-3-9-15-25/h1-20,26,40-41H,21-22H2,(H,35,36). The Bertz CT molecular complexity index is 1770. The van der Waals surface area contributed by atoms with Crippen molar-refractivity contribution in [2.45, 2.75) is 11.6 Å². The zero-order valence-corrected chi connectivity index (χ0v) is 23.3. The number of aromatic nitrogens is 4. The van der Waals surface area contributed by atoms with Crippen molar-refractivity contribution in [2.75, 3.05) is 18.5 Å². The second-order valence-electron chi connectivity index (χ2n) is 9.90. The lowest BCUT2D eigenvalue weighted by Crippen LogP contribution is -2.38. The van der Waals surface area contributed by atoms with Crippen LogP contribution in [0.15, 0.2) is 127 Å². The Morgan fingerprint density at radius 2 is 1.38 bits per heavy atom. The molecule has 210 valence electrons. The second kappa shape index (κ2) is 11.6. The van der Waals surface area contributed by atoms with Gasteiger partial charge in [-0.1, -0.05) is 103 Å². The molecule has 3 heterocycles. The summed E-state index contributed by atoms with van der Waals surface area (Å²) < 4.78 is 3.32. The van der Waals surface area contributed by atoms with Gasteiger partial charge in [-0.15, -0.1) is 0 Å². The molecule has 6 rings (SSSR count). The van der Waals surface area contributed by atoms with E-state index in [1.54, 1.807) is 24.5 Å². The third-order valence-electron chi connectivity index (χ3n) is 7.38. The molecule has 0 spiro atoms. The Hall–Kier alpha value is -4.76. The van der Waals surface area contributed by atoms with E-state index in [4.69, 9.17) is 16.7 Å². The number of halogens is 1. The molecule has 6 aromatic rings. The number of pyridine rings is 2. The van der Waals surface area contributed by atoms with Crippen LogP contribution >= 0.6 is 11.6 Å². The van der Waals surface area contributed by atoms with Crippen molar-refractivity contribution in [3.05, 3.63) is 154 Å². The van der Waals surface area contributed by atoms with Crippen molar-refractivity contribution in [1.29, 1.82) is 0 Å². The topological polar surface area (TPSA) is 105 Å². The molecular weight excluding hydrogens is 550 g/mol. The molecular formula is C33H28ClN5O3. The third-order valence-corrected chi connectivity index (χ3v) is 7.67. The molecule has 3 N–H and O–H groups in total. The number of anilines is 1. The quantitative estimate of drug-likeness (QED) is 0.212. The maximum absolute atomic E-state index is 14.0. The molecule has 0 bridgehead atoms. The van der Waals surface area contributed by atoms with E-state index in [0.29, 0.717) is 22.4 Å². The van der Waals surface area contributed by atoms with Gasteiger partial charge in [-0.2, -0.15) is 5.10 Å². The average Bonchev–Trinajstić information content (AvgIpc) is 3.48. The van der Waals surface area contributed by atoms with Gasteiger partial charge < -0.3 is 15.5 Å². The lowest BCUT2D eigenvalue weighted by atomic mass is 9.77. The van der Waals surface area contributed by atoms with Crippen molar-refractivity contribution >= 4 is 28.3 Å². The maximum Gasteiger partial charge on any atom is 0.266 e. The van der Waals surface area contributed by atoms with Gasteiger partial charge in [-0.25, -0.2) is 4.98 Å². The highest BCUT2D eigenvalue weighted by Gasteiger charge is 2.39. The van der Waals surface area contributed by atoms with Crippen LogP contribution in [0.5, 0.6) is 0 Å². The van der Waals surface area contributed by atoms with Crippen LogP contribution in [-0.4, -0.2) is 48.8 Å². The summed E-state index contributed by atoms with van der Waals surface area (Å²) in [4.78, 5) is 18.2. The number of nitrogens with one attached hydrogen (secondary N) is 1. The van der Waals surface area contributed by atoms with Gasteiger partial charge >= 0.3 is 0 Å². The van der Waals surface area contributed by atoms with Gasteiger partial charge in [0.25, 0.3) is 5.56 Å². The van der Waals surface area contributed by atoms with E-state index in [-0.39, 0.29) is 23.8 Å². The fraction of sp³-hybridized carbons (Fsp3) is 0.121. The number of aliphatic hydroxyl groups is 2. The summed E-state index contributed by atoms with van der Waals surface area (Å²) in [6.07, 6.45) is 4.86. The SMILES string of the molecule is O=c1c2cn(C(c3ccccc3)(c3ccccc3)c3ccccc3)nc2ccn1-c1cc(NC(CO)CO)ncc1Cl. The predicted octanol–water partition coefficient (Wildman–Crippen LogP) is 4.84. The number of rotatable bonds is 9. The van der Waals surface area contributed by atoms with Gasteiger partial charge in [0.05, 0.1) is 47.1 Å².